The largest absolute Gasteiger partial charge is 0.493 e. The van der Waals surface area contributed by atoms with Crippen molar-refractivity contribution in [1.82, 2.24) is 9.78 Å². The molecule has 0 radical (unpaired) electrons. The lowest BCUT2D eigenvalue weighted by molar-refractivity contribution is -0.209. The summed E-state index contributed by atoms with van der Waals surface area (Å²) in [4.78, 5) is 0. The molecule has 16 heavy (non-hydrogen) atoms. The Bertz CT molecular complexity index is 349. The van der Waals surface area contributed by atoms with Gasteiger partial charge in [-0.05, 0) is 6.42 Å². The maximum atomic E-state index is 12.4. The SMILES string of the molecule is CCCn1ncc(OC)c1C(O)C(F)(F)F. The third-order valence-electron chi connectivity index (χ3n) is 2.07. The standard InChI is InChI=1S/C9H13F3N2O2/c1-3-4-14-7(6(16-2)5-13-14)8(15)9(10,11)12/h5,8,15H,3-4H2,1-2H3. The molecule has 1 N–H and O–H groups in total. The number of aryl methyl sites for hydroxylation is 1. The summed E-state index contributed by atoms with van der Waals surface area (Å²) in [5, 5.41) is 12.9. The van der Waals surface area contributed by atoms with Crippen molar-refractivity contribution in [2.45, 2.75) is 32.2 Å². The Morgan fingerprint density at radius 2 is 2.19 bits per heavy atom. The van der Waals surface area contributed by atoms with Gasteiger partial charge < -0.3 is 9.84 Å². The molecule has 4 nitrogen and oxygen atoms in total. The van der Waals surface area contributed by atoms with E-state index in [1.807, 2.05) is 0 Å². The number of aliphatic hydroxyl groups excluding tert-OH is 1. The molecule has 0 bridgehead atoms. The fourth-order valence-corrected chi connectivity index (χ4v) is 1.36. The molecule has 1 atom stereocenters. The predicted molar refractivity (Wildman–Crippen MR) is 50.1 cm³/mol. The number of rotatable bonds is 4. The van der Waals surface area contributed by atoms with Crippen LogP contribution in [-0.4, -0.2) is 28.2 Å². The van der Waals surface area contributed by atoms with Crippen LogP contribution in [0.5, 0.6) is 5.75 Å². The van der Waals surface area contributed by atoms with Gasteiger partial charge in [-0.15, -0.1) is 0 Å². The Hall–Kier alpha value is -1.24. The maximum absolute atomic E-state index is 12.4. The van der Waals surface area contributed by atoms with Gasteiger partial charge in [-0.25, -0.2) is 0 Å². The van der Waals surface area contributed by atoms with Crippen molar-refractivity contribution < 1.29 is 23.0 Å². The van der Waals surface area contributed by atoms with Crippen molar-refractivity contribution in [3.8, 4) is 5.75 Å². The van der Waals surface area contributed by atoms with Gasteiger partial charge in [0.25, 0.3) is 0 Å². The molecule has 0 aliphatic heterocycles. The number of nitrogens with zero attached hydrogens (tertiary/aromatic N) is 2. The van der Waals surface area contributed by atoms with Crippen molar-refractivity contribution in [2.24, 2.45) is 0 Å². The van der Waals surface area contributed by atoms with Crippen molar-refractivity contribution in [1.29, 1.82) is 0 Å². The first kappa shape index (κ1) is 12.8. The molecule has 1 aromatic rings. The minimum Gasteiger partial charge on any atom is -0.493 e. The van der Waals surface area contributed by atoms with Crippen LogP contribution >= 0.6 is 0 Å². The average molecular weight is 238 g/mol. The third kappa shape index (κ3) is 2.46. The van der Waals surface area contributed by atoms with Gasteiger partial charge in [-0.1, -0.05) is 6.92 Å². The Morgan fingerprint density at radius 3 is 2.62 bits per heavy atom. The average Bonchev–Trinajstić information content (AvgIpc) is 2.58. The molecule has 92 valence electrons. The summed E-state index contributed by atoms with van der Waals surface area (Å²) >= 11 is 0. The quantitative estimate of drug-likeness (QED) is 0.871. The van der Waals surface area contributed by atoms with Crippen molar-refractivity contribution in [3.05, 3.63) is 11.9 Å². The summed E-state index contributed by atoms with van der Waals surface area (Å²) in [5.74, 6) is -0.0572. The number of ether oxygens (including phenoxy) is 1. The first-order valence-electron chi connectivity index (χ1n) is 4.76. The van der Waals surface area contributed by atoms with E-state index >= 15 is 0 Å². The molecule has 1 unspecified atom stereocenters. The van der Waals surface area contributed by atoms with Crippen LogP contribution in [0.2, 0.25) is 0 Å². The molecule has 1 rings (SSSR count). The molecule has 0 spiro atoms. The van der Waals surface area contributed by atoms with Gasteiger partial charge in [0.15, 0.2) is 11.9 Å². The fourth-order valence-electron chi connectivity index (χ4n) is 1.36. The van der Waals surface area contributed by atoms with Crippen molar-refractivity contribution in [3.63, 3.8) is 0 Å². The molecule has 1 aromatic heterocycles. The van der Waals surface area contributed by atoms with Crippen LogP contribution in [0.3, 0.4) is 0 Å². The van der Waals surface area contributed by atoms with E-state index in [0.29, 0.717) is 13.0 Å². The van der Waals surface area contributed by atoms with E-state index in [9.17, 15) is 18.3 Å². The lowest BCUT2D eigenvalue weighted by atomic mass is 10.2. The van der Waals surface area contributed by atoms with Gasteiger partial charge in [-0.3, -0.25) is 4.68 Å². The van der Waals surface area contributed by atoms with E-state index in [1.54, 1.807) is 6.92 Å². The molecular weight excluding hydrogens is 225 g/mol. The highest BCUT2D eigenvalue weighted by Crippen LogP contribution is 2.36. The molecule has 0 aliphatic rings. The maximum Gasteiger partial charge on any atom is 0.420 e. The fraction of sp³-hybridized carbons (Fsp3) is 0.667. The molecule has 0 saturated carbocycles. The first-order chi connectivity index (χ1) is 7.41. The third-order valence-corrected chi connectivity index (χ3v) is 2.07. The van der Waals surface area contributed by atoms with E-state index in [0.717, 1.165) is 4.68 Å². The van der Waals surface area contributed by atoms with Crippen LogP contribution in [0.15, 0.2) is 6.20 Å². The molecule has 0 amide bonds. The Balaban J connectivity index is 3.12. The molecule has 0 aromatic carbocycles. The topological polar surface area (TPSA) is 47.3 Å². The zero-order valence-electron chi connectivity index (χ0n) is 8.95. The molecule has 0 aliphatic carbocycles. The number of methoxy groups -OCH3 is 1. The normalized spacial score (nSPS) is 13.9. The highest BCUT2D eigenvalue weighted by Gasteiger charge is 2.43. The first-order valence-corrected chi connectivity index (χ1v) is 4.76. The zero-order chi connectivity index (χ0) is 12.3. The number of halogens is 3. The van der Waals surface area contributed by atoms with Crippen molar-refractivity contribution in [2.75, 3.05) is 7.11 Å². The van der Waals surface area contributed by atoms with E-state index in [2.05, 4.69) is 5.10 Å². The van der Waals surface area contributed by atoms with Crippen LogP contribution in [0, 0.1) is 0 Å². The van der Waals surface area contributed by atoms with Gasteiger partial charge in [0.05, 0.1) is 13.3 Å². The highest BCUT2D eigenvalue weighted by atomic mass is 19.4. The molecular formula is C9H13F3N2O2. The van der Waals surface area contributed by atoms with Crippen LogP contribution in [0.1, 0.15) is 25.1 Å². The Morgan fingerprint density at radius 1 is 1.56 bits per heavy atom. The second-order valence-electron chi connectivity index (χ2n) is 3.27. The van der Waals surface area contributed by atoms with E-state index < -0.39 is 12.3 Å². The van der Waals surface area contributed by atoms with Gasteiger partial charge >= 0.3 is 6.18 Å². The van der Waals surface area contributed by atoms with E-state index in [1.165, 1.54) is 13.3 Å². The molecule has 0 saturated heterocycles. The van der Waals surface area contributed by atoms with Crippen LogP contribution in [0.4, 0.5) is 13.2 Å². The van der Waals surface area contributed by atoms with E-state index in [4.69, 9.17) is 4.74 Å². The summed E-state index contributed by atoms with van der Waals surface area (Å²) in [6, 6.07) is 0. The predicted octanol–water partition coefficient (Wildman–Crippen LogP) is 1.90. The smallest absolute Gasteiger partial charge is 0.420 e. The molecule has 7 heteroatoms. The summed E-state index contributed by atoms with van der Waals surface area (Å²) < 4.78 is 43.1. The number of hydrogen-bond donors (Lipinski definition) is 1. The summed E-state index contributed by atoms with van der Waals surface area (Å²) in [7, 11) is 1.24. The molecule has 0 fully saturated rings. The van der Waals surface area contributed by atoms with Gasteiger partial charge in [0, 0.05) is 6.54 Å². The number of hydrogen-bond acceptors (Lipinski definition) is 3. The highest BCUT2D eigenvalue weighted by molar-refractivity contribution is 5.28. The summed E-state index contributed by atoms with van der Waals surface area (Å²) in [6.07, 6.45) is -5.52. The lowest BCUT2D eigenvalue weighted by Gasteiger charge is -2.17. The Labute approximate surface area is 90.6 Å². The van der Waals surface area contributed by atoms with Gasteiger partial charge in [0.1, 0.15) is 5.69 Å². The van der Waals surface area contributed by atoms with Gasteiger partial charge in [0.2, 0.25) is 0 Å². The Kier molecular flexibility index (Phi) is 3.79. The lowest BCUT2D eigenvalue weighted by Crippen LogP contribution is -2.24. The van der Waals surface area contributed by atoms with Crippen LogP contribution < -0.4 is 4.74 Å². The number of aromatic nitrogens is 2. The van der Waals surface area contributed by atoms with E-state index in [-0.39, 0.29) is 11.4 Å². The summed E-state index contributed by atoms with van der Waals surface area (Å²) in [6.45, 7) is 2.10. The molecule has 1 heterocycles. The summed E-state index contributed by atoms with van der Waals surface area (Å²) in [5.41, 5.74) is -0.350. The zero-order valence-corrected chi connectivity index (χ0v) is 8.95. The van der Waals surface area contributed by atoms with Gasteiger partial charge in [-0.2, -0.15) is 18.3 Å². The van der Waals surface area contributed by atoms with Crippen LogP contribution in [0.25, 0.3) is 0 Å². The minimum absolute atomic E-state index is 0.0572. The number of aliphatic hydroxyl groups is 1. The minimum atomic E-state index is -4.72. The second-order valence-corrected chi connectivity index (χ2v) is 3.27. The monoisotopic (exact) mass is 238 g/mol. The van der Waals surface area contributed by atoms with Crippen LogP contribution in [-0.2, 0) is 6.54 Å². The number of alkyl halides is 3. The second kappa shape index (κ2) is 4.73. The van der Waals surface area contributed by atoms with Crippen molar-refractivity contribution >= 4 is 0 Å².